The molecule has 0 aliphatic rings. The zero-order chi connectivity index (χ0) is 12.5. The first-order valence-electron chi connectivity index (χ1n) is 5.61. The Balaban J connectivity index is 2.53. The highest BCUT2D eigenvalue weighted by Gasteiger charge is 2.12. The van der Waals surface area contributed by atoms with Crippen LogP contribution in [0.15, 0.2) is 30.3 Å². The molecule has 4 heteroatoms. The molecule has 0 unspecified atom stereocenters. The molecule has 0 radical (unpaired) electrons. The number of hydrogen-bond acceptors (Lipinski definition) is 4. The molecule has 0 N–H and O–H groups in total. The monoisotopic (exact) mass is 239 g/mol. The average Bonchev–Trinajstić information content (AvgIpc) is 2.37. The summed E-state index contributed by atoms with van der Waals surface area (Å²) in [6.45, 7) is 2.05. The molecule has 0 aliphatic heterocycles. The maximum atomic E-state index is 5.19. The van der Waals surface area contributed by atoms with Crippen LogP contribution in [0.2, 0.25) is 0 Å². The molecule has 1 aromatic rings. The van der Waals surface area contributed by atoms with E-state index in [0.717, 1.165) is 6.54 Å². The Hall–Kier alpha value is -0.940. The third kappa shape index (κ3) is 5.28. The van der Waals surface area contributed by atoms with E-state index < -0.39 is 0 Å². The zero-order valence-electron chi connectivity index (χ0n) is 10.8. The van der Waals surface area contributed by atoms with Gasteiger partial charge in [0.25, 0.3) is 0 Å². The summed E-state index contributed by atoms with van der Waals surface area (Å²) in [6, 6.07) is 10.3. The van der Waals surface area contributed by atoms with Crippen molar-refractivity contribution in [3.63, 3.8) is 0 Å². The van der Waals surface area contributed by atoms with Gasteiger partial charge in [-0.3, -0.25) is 4.90 Å². The van der Waals surface area contributed by atoms with Gasteiger partial charge in [0.1, 0.15) is 0 Å². The van der Waals surface area contributed by atoms with Gasteiger partial charge in [-0.25, -0.2) is 0 Å². The molecular formula is C13H21NO3. The van der Waals surface area contributed by atoms with E-state index in [1.165, 1.54) is 5.56 Å². The molecule has 0 spiro atoms. The SMILES string of the molecule is COCN(Cc1ccccc1)CC(OC)OC. The molecule has 0 aliphatic carbocycles. The van der Waals surface area contributed by atoms with Crippen LogP contribution in [-0.2, 0) is 20.8 Å². The molecule has 4 nitrogen and oxygen atoms in total. The third-order valence-corrected chi connectivity index (χ3v) is 2.49. The Morgan fingerprint density at radius 1 is 1.06 bits per heavy atom. The van der Waals surface area contributed by atoms with Gasteiger partial charge in [-0.15, -0.1) is 0 Å². The number of methoxy groups -OCH3 is 3. The summed E-state index contributed by atoms with van der Waals surface area (Å²) < 4.78 is 15.6. The summed E-state index contributed by atoms with van der Waals surface area (Å²) in [5.41, 5.74) is 1.25. The van der Waals surface area contributed by atoms with Crippen molar-refractivity contribution >= 4 is 0 Å². The summed E-state index contributed by atoms with van der Waals surface area (Å²) >= 11 is 0. The minimum absolute atomic E-state index is 0.228. The van der Waals surface area contributed by atoms with Crippen LogP contribution in [0, 0.1) is 0 Å². The van der Waals surface area contributed by atoms with E-state index >= 15 is 0 Å². The molecule has 0 aromatic heterocycles. The fourth-order valence-electron chi connectivity index (χ4n) is 1.64. The molecule has 0 amide bonds. The van der Waals surface area contributed by atoms with E-state index in [1.807, 2.05) is 18.2 Å². The summed E-state index contributed by atoms with van der Waals surface area (Å²) in [5, 5.41) is 0. The van der Waals surface area contributed by atoms with Crippen molar-refractivity contribution in [2.24, 2.45) is 0 Å². The zero-order valence-corrected chi connectivity index (χ0v) is 10.8. The highest BCUT2D eigenvalue weighted by molar-refractivity contribution is 5.14. The fraction of sp³-hybridized carbons (Fsp3) is 0.538. The molecule has 0 heterocycles. The lowest BCUT2D eigenvalue weighted by Gasteiger charge is -2.25. The summed E-state index contributed by atoms with van der Waals surface area (Å²) in [4.78, 5) is 2.13. The molecule has 0 atom stereocenters. The summed E-state index contributed by atoms with van der Waals surface area (Å²) in [6.07, 6.45) is -0.228. The Bertz CT molecular complexity index is 288. The van der Waals surface area contributed by atoms with E-state index in [9.17, 15) is 0 Å². The lowest BCUT2D eigenvalue weighted by Crippen LogP contribution is -2.35. The van der Waals surface area contributed by atoms with E-state index in [0.29, 0.717) is 13.3 Å². The average molecular weight is 239 g/mol. The maximum Gasteiger partial charge on any atom is 0.169 e. The van der Waals surface area contributed by atoms with Gasteiger partial charge in [0.15, 0.2) is 6.29 Å². The van der Waals surface area contributed by atoms with Crippen LogP contribution >= 0.6 is 0 Å². The first-order valence-corrected chi connectivity index (χ1v) is 5.61. The molecule has 0 fully saturated rings. The van der Waals surface area contributed by atoms with Crippen molar-refractivity contribution in [2.45, 2.75) is 12.8 Å². The van der Waals surface area contributed by atoms with Gasteiger partial charge in [0, 0.05) is 27.9 Å². The van der Waals surface area contributed by atoms with E-state index in [4.69, 9.17) is 14.2 Å². The van der Waals surface area contributed by atoms with Crippen LogP contribution in [0.3, 0.4) is 0 Å². The van der Waals surface area contributed by atoms with E-state index in [-0.39, 0.29) is 6.29 Å². The topological polar surface area (TPSA) is 30.9 Å². The fourth-order valence-corrected chi connectivity index (χ4v) is 1.64. The predicted octanol–water partition coefficient (Wildman–Crippen LogP) is 1.71. The first kappa shape index (κ1) is 14.1. The minimum Gasteiger partial charge on any atom is -0.369 e. The highest BCUT2D eigenvalue weighted by Crippen LogP contribution is 2.06. The molecule has 17 heavy (non-hydrogen) atoms. The Kier molecular flexibility index (Phi) is 6.81. The molecule has 0 saturated carbocycles. The molecule has 96 valence electrons. The largest absolute Gasteiger partial charge is 0.369 e. The van der Waals surface area contributed by atoms with E-state index in [1.54, 1.807) is 21.3 Å². The van der Waals surface area contributed by atoms with Gasteiger partial charge < -0.3 is 14.2 Å². The van der Waals surface area contributed by atoms with Crippen LogP contribution < -0.4 is 0 Å². The Labute approximate surface area is 103 Å². The van der Waals surface area contributed by atoms with E-state index in [2.05, 4.69) is 17.0 Å². The molecular weight excluding hydrogens is 218 g/mol. The summed E-state index contributed by atoms with van der Waals surface area (Å²) in [7, 11) is 4.97. The lowest BCUT2D eigenvalue weighted by atomic mass is 10.2. The van der Waals surface area contributed by atoms with Gasteiger partial charge >= 0.3 is 0 Å². The van der Waals surface area contributed by atoms with Crippen molar-refractivity contribution in [3.8, 4) is 0 Å². The number of rotatable bonds is 8. The van der Waals surface area contributed by atoms with Crippen molar-refractivity contribution in [1.29, 1.82) is 0 Å². The molecule has 0 bridgehead atoms. The summed E-state index contributed by atoms with van der Waals surface area (Å²) in [5.74, 6) is 0. The van der Waals surface area contributed by atoms with Crippen molar-refractivity contribution in [3.05, 3.63) is 35.9 Å². The number of nitrogens with zero attached hydrogens (tertiary/aromatic N) is 1. The number of ether oxygens (including phenoxy) is 3. The van der Waals surface area contributed by atoms with Crippen LogP contribution in [0.4, 0.5) is 0 Å². The van der Waals surface area contributed by atoms with Gasteiger partial charge in [0.2, 0.25) is 0 Å². The third-order valence-electron chi connectivity index (χ3n) is 2.49. The van der Waals surface area contributed by atoms with Crippen LogP contribution in [0.25, 0.3) is 0 Å². The standard InChI is InChI=1S/C13H21NO3/c1-15-11-14(10-13(16-2)17-3)9-12-7-5-4-6-8-12/h4-8,13H,9-11H2,1-3H3. The Morgan fingerprint density at radius 3 is 2.24 bits per heavy atom. The smallest absolute Gasteiger partial charge is 0.169 e. The Morgan fingerprint density at radius 2 is 1.71 bits per heavy atom. The maximum absolute atomic E-state index is 5.19. The second-order valence-corrected chi connectivity index (χ2v) is 3.82. The molecule has 1 aromatic carbocycles. The van der Waals surface area contributed by atoms with Gasteiger partial charge in [-0.05, 0) is 5.56 Å². The van der Waals surface area contributed by atoms with Crippen molar-refractivity contribution in [1.82, 2.24) is 4.90 Å². The highest BCUT2D eigenvalue weighted by atomic mass is 16.7. The van der Waals surface area contributed by atoms with Crippen LogP contribution in [0.1, 0.15) is 5.56 Å². The lowest BCUT2D eigenvalue weighted by molar-refractivity contribution is -0.126. The minimum atomic E-state index is -0.228. The molecule has 1 rings (SSSR count). The molecule has 0 saturated heterocycles. The number of benzene rings is 1. The van der Waals surface area contributed by atoms with Gasteiger partial charge in [-0.1, -0.05) is 30.3 Å². The second kappa shape index (κ2) is 8.20. The van der Waals surface area contributed by atoms with Crippen LogP contribution in [0.5, 0.6) is 0 Å². The number of hydrogen-bond donors (Lipinski definition) is 0. The van der Waals surface area contributed by atoms with Crippen molar-refractivity contribution < 1.29 is 14.2 Å². The van der Waals surface area contributed by atoms with Gasteiger partial charge in [0.05, 0.1) is 13.3 Å². The van der Waals surface area contributed by atoms with Crippen molar-refractivity contribution in [2.75, 3.05) is 34.6 Å². The normalized spacial score (nSPS) is 11.4. The van der Waals surface area contributed by atoms with Gasteiger partial charge in [-0.2, -0.15) is 0 Å². The quantitative estimate of drug-likeness (QED) is 0.646. The first-order chi connectivity index (χ1) is 8.30. The predicted molar refractivity (Wildman–Crippen MR) is 66.5 cm³/mol. The second-order valence-electron chi connectivity index (χ2n) is 3.82. The van der Waals surface area contributed by atoms with Crippen LogP contribution in [-0.4, -0.2) is 45.8 Å².